The fraction of sp³-hybridized carbons (Fsp3) is 0.350. The minimum absolute atomic E-state index is 0.0359. The van der Waals surface area contributed by atoms with Crippen LogP contribution < -0.4 is 15.4 Å². The number of benzene rings is 2. The molecule has 0 saturated carbocycles. The second kappa shape index (κ2) is 8.65. The highest BCUT2D eigenvalue weighted by atomic mass is 16.5. The maximum absolute atomic E-state index is 12.2. The maximum atomic E-state index is 12.2. The zero-order valence-corrected chi connectivity index (χ0v) is 14.5. The molecule has 0 aromatic heterocycles. The standard InChI is InChI=1S/C20H24N2O3/c1-24-18-9-7-15(8-10-18)13-25-14-16-4-2-5-17(12-16)22-20(23)19-6-3-11-21-19/h2,4-5,7-10,12,19,21H,3,6,11,13-14H2,1H3,(H,22,23). The molecule has 25 heavy (non-hydrogen) atoms. The van der Waals surface area contributed by atoms with Gasteiger partial charge in [-0.05, 0) is 54.8 Å². The molecular formula is C20H24N2O3. The minimum Gasteiger partial charge on any atom is -0.497 e. The lowest BCUT2D eigenvalue weighted by atomic mass is 10.2. The number of nitrogens with one attached hydrogen (secondary N) is 2. The van der Waals surface area contributed by atoms with Crippen molar-refractivity contribution in [1.82, 2.24) is 5.32 Å². The number of methoxy groups -OCH3 is 1. The summed E-state index contributed by atoms with van der Waals surface area (Å²) >= 11 is 0. The Kier molecular flexibility index (Phi) is 6.04. The number of anilines is 1. The second-order valence-electron chi connectivity index (χ2n) is 6.18. The molecule has 2 aromatic rings. The van der Waals surface area contributed by atoms with E-state index in [0.717, 1.165) is 42.0 Å². The van der Waals surface area contributed by atoms with Crippen molar-refractivity contribution in [2.75, 3.05) is 19.0 Å². The molecule has 132 valence electrons. The summed E-state index contributed by atoms with van der Waals surface area (Å²) in [4.78, 5) is 12.2. The van der Waals surface area contributed by atoms with Crippen LogP contribution >= 0.6 is 0 Å². The van der Waals surface area contributed by atoms with Gasteiger partial charge in [-0.25, -0.2) is 0 Å². The topological polar surface area (TPSA) is 59.6 Å². The van der Waals surface area contributed by atoms with Crippen LogP contribution in [0.25, 0.3) is 0 Å². The smallest absolute Gasteiger partial charge is 0.241 e. The highest BCUT2D eigenvalue weighted by Crippen LogP contribution is 2.16. The Morgan fingerprint density at radius 1 is 1.16 bits per heavy atom. The molecule has 1 aliphatic rings. The van der Waals surface area contributed by atoms with E-state index in [0.29, 0.717) is 13.2 Å². The van der Waals surface area contributed by atoms with Crippen LogP contribution in [0.1, 0.15) is 24.0 Å². The van der Waals surface area contributed by atoms with Gasteiger partial charge >= 0.3 is 0 Å². The number of ether oxygens (including phenoxy) is 2. The molecule has 1 unspecified atom stereocenters. The van der Waals surface area contributed by atoms with Gasteiger partial charge in [-0.15, -0.1) is 0 Å². The third-order valence-electron chi connectivity index (χ3n) is 4.27. The van der Waals surface area contributed by atoms with Gasteiger partial charge in [0.05, 0.1) is 26.4 Å². The summed E-state index contributed by atoms with van der Waals surface area (Å²) in [6, 6.07) is 15.5. The molecule has 5 heteroatoms. The van der Waals surface area contributed by atoms with Crippen LogP contribution in [0, 0.1) is 0 Å². The zero-order valence-electron chi connectivity index (χ0n) is 14.5. The molecular weight excluding hydrogens is 316 g/mol. The lowest BCUT2D eigenvalue weighted by Gasteiger charge is -2.12. The van der Waals surface area contributed by atoms with Crippen LogP contribution in [0.4, 0.5) is 5.69 Å². The average Bonchev–Trinajstić information content (AvgIpc) is 3.17. The van der Waals surface area contributed by atoms with Gasteiger partial charge in [0.15, 0.2) is 0 Å². The summed E-state index contributed by atoms with van der Waals surface area (Å²) in [5, 5.41) is 6.18. The van der Waals surface area contributed by atoms with Crippen LogP contribution in [-0.2, 0) is 22.7 Å². The van der Waals surface area contributed by atoms with E-state index in [1.807, 2.05) is 48.5 Å². The summed E-state index contributed by atoms with van der Waals surface area (Å²) in [6.07, 6.45) is 1.95. The van der Waals surface area contributed by atoms with Crippen molar-refractivity contribution in [3.8, 4) is 5.75 Å². The first-order valence-electron chi connectivity index (χ1n) is 8.58. The Hall–Kier alpha value is -2.37. The van der Waals surface area contributed by atoms with E-state index in [1.54, 1.807) is 7.11 Å². The van der Waals surface area contributed by atoms with Crippen LogP contribution in [0.2, 0.25) is 0 Å². The normalized spacial score (nSPS) is 16.6. The third kappa shape index (κ3) is 5.05. The molecule has 1 aliphatic heterocycles. The number of hydrogen-bond donors (Lipinski definition) is 2. The summed E-state index contributed by atoms with van der Waals surface area (Å²) in [6.45, 7) is 1.95. The number of hydrogen-bond acceptors (Lipinski definition) is 4. The van der Waals surface area contributed by atoms with Crippen LogP contribution in [-0.4, -0.2) is 25.6 Å². The Morgan fingerprint density at radius 2 is 1.96 bits per heavy atom. The van der Waals surface area contributed by atoms with Crippen molar-refractivity contribution in [3.63, 3.8) is 0 Å². The lowest BCUT2D eigenvalue weighted by Crippen LogP contribution is -2.35. The quantitative estimate of drug-likeness (QED) is 0.813. The second-order valence-corrected chi connectivity index (χ2v) is 6.18. The SMILES string of the molecule is COc1ccc(COCc2cccc(NC(=O)C3CCCN3)c2)cc1. The fourth-order valence-electron chi connectivity index (χ4n) is 2.89. The number of carbonyl (C=O) groups is 1. The first-order chi connectivity index (χ1) is 12.2. The summed E-state index contributed by atoms with van der Waals surface area (Å²) in [5.74, 6) is 0.873. The van der Waals surface area contributed by atoms with Gasteiger partial charge in [0.2, 0.25) is 5.91 Å². The highest BCUT2D eigenvalue weighted by Gasteiger charge is 2.21. The predicted molar refractivity (Wildman–Crippen MR) is 97.6 cm³/mol. The lowest BCUT2D eigenvalue weighted by molar-refractivity contribution is -0.117. The average molecular weight is 340 g/mol. The van der Waals surface area contributed by atoms with E-state index in [2.05, 4.69) is 10.6 Å². The van der Waals surface area contributed by atoms with Gasteiger partial charge in [0, 0.05) is 5.69 Å². The fourth-order valence-corrected chi connectivity index (χ4v) is 2.89. The first kappa shape index (κ1) is 17.5. The van der Waals surface area contributed by atoms with Crippen molar-refractivity contribution in [2.24, 2.45) is 0 Å². The largest absolute Gasteiger partial charge is 0.497 e. The Labute approximate surface area is 148 Å². The molecule has 5 nitrogen and oxygen atoms in total. The Bertz CT molecular complexity index is 694. The van der Waals surface area contributed by atoms with Crippen molar-refractivity contribution < 1.29 is 14.3 Å². The molecule has 1 saturated heterocycles. The van der Waals surface area contributed by atoms with Gasteiger partial charge < -0.3 is 20.1 Å². The Morgan fingerprint density at radius 3 is 2.68 bits per heavy atom. The van der Waals surface area contributed by atoms with Crippen molar-refractivity contribution >= 4 is 11.6 Å². The van der Waals surface area contributed by atoms with E-state index in [9.17, 15) is 4.79 Å². The number of rotatable bonds is 7. The van der Waals surface area contributed by atoms with Gasteiger partial charge in [-0.1, -0.05) is 24.3 Å². The third-order valence-corrected chi connectivity index (χ3v) is 4.27. The van der Waals surface area contributed by atoms with E-state index in [4.69, 9.17) is 9.47 Å². The molecule has 1 fully saturated rings. The van der Waals surface area contributed by atoms with Crippen LogP contribution in [0.5, 0.6) is 5.75 Å². The van der Waals surface area contributed by atoms with Gasteiger partial charge in [0.25, 0.3) is 0 Å². The minimum atomic E-state index is -0.0741. The van der Waals surface area contributed by atoms with E-state index < -0.39 is 0 Å². The number of carbonyl (C=O) groups excluding carboxylic acids is 1. The molecule has 2 aromatic carbocycles. The molecule has 0 aliphatic carbocycles. The number of amides is 1. The van der Waals surface area contributed by atoms with Crippen molar-refractivity contribution in [1.29, 1.82) is 0 Å². The molecule has 2 N–H and O–H groups in total. The molecule has 1 amide bonds. The van der Waals surface area contributed by atoms with E-state index in [1.165, 1.54) is 0 Å². The van der Waals surface area contributed by atoms with E-state index >= 15 is 0 Å². The van der Waals surface area contributed by atoms with Crippen molar-refractivity contribution in [2.45, 2.75) is 32.1 Å². The van der Waals surface area contributed by atoms with Crippen LogP contribution in [0.15, 0.2) is 48.5 Å². The zero-order chi connectivity index (χ0) is 17.5. The molecule has 0 spiro atoms. The predicted octanol–water partition coefficient (Wildman–Crippen LogP) is 3.10. The van der Waals surface area contributed by atoms with Crippen LogP contribution in [0.3, 0.4) is 0 Å². The summed E-state index contributed by atoms with van der Waals surface area (Å²) < 4.78 is 10.9. The van der Waals surface area contributed by atoms with Gasteiger partial charge in [-0.2, -0.15) is 0 Å². The molecule has 0 radical (unpaired) electrons. The maximum Gasteiger partial charge on any atom is 0.241 e. The molecule has 0 bridgehead atoms. The highest BCUT2D eigenvalue weighted by molar-refractivity contribution is 5.95. The molecule has 1 heterocycles. The summed E-state index contributed by atoms with van der Waals surface area (Å²) in [7, 11) is 1.65. The monoisotopic (exact) mass is 340 g/mol. The Balaban J connectivity index is 1.49. The van der Waals surface area contributed by atoms with Crippen molar-refractivity contribution in [3.05, 3.63) is 59.7 Å². The summed E-state index contributed by atoms with van der Waals surface area (Å²) in [5.41, 5.74) is 2.94. The molecule has 3 rings (SSSR count). The van der Waals surface area contributed by atoms with E-state index in [-0.39, 0.29) is 11.9 Å². The van der Waals surface area contributed by atoms with Gasteiger partial charge in [0.1, 0.15) is 5.75 Å². The van der Waals surface area contributed by atoms with Gasteiger partial charge in [-0.3, -0.25) is 4.79 Å². The first-order valence-corrected chi connectivity index (χ1v) is 8.58. The molecule has 1 atom stereocenters.